The van der Waals surface area contributed by atoms with Crippen LogP contribution >= 0.6 is 0 Å². The van der Waals surface area contributed by atoms with Gasteiger partial charge >= 0.3 is 0 Å². The Balaban J connectivity index is 1.78. The van der Waals surface area contributed by atoms with Gasteiger partial charge in [-0.05, 0) is 42.5 Å². The summed E-state index contributed by atoms with van der Waals surface area (Å²) in [5.41, 5.74) is 3.43. The predicted molar refractivity (Wildman–Crippen MR) is 98.1 cm³/mol. The molecule has 1 saturated carbocycles. The van der Waals surface area contributed by atoms with E-state index in [9.17, 15) is 4.79 Å². The smallest absolute Gasteiger partial charge is 0.224 e. The summed E-state index contributed by atoms with van der Waals surface area (Å²) in [5, 5.41) is 3.72. The zero-order valence-corrected chi connectivity index (χ0v) is 14.3. The average molecular weight is 320 g/mol. The van der Waals surface area contributed by atoms with Crippen LogP contribution in [0.15, 0.2) is 54.6 Å². The van der Waals surface area contributed by atoms with Gasteiger partial charge in [0.15, 0.2) is 0 Å². The fourth-order valence-corrected chi connectivity index (χ4v) is 4.23. The van der Waals surface area contributed by atoms with Crippen molar-refractivity contribution in [2.24, 2.45) is 11.8 Å². The van der Waals surface area contributed by atoms with Gasteiger partial charge in [-0.25, -0.2) is 0 Å². The number of fused-ring (bicyclic) bond motifs is 1. The molecule has 3 atom stereocenters. The number of amides is 1. The molecule has 0 bridgehead atoms. The average Bonchev–Trinajstić information content (AvgIpc) is 3.42. The molecule has 3 nitrogen and oxygen atoms in total. The van der Waals surface area contributed by atoms with Crippen molar-refractivity contribution < 1.29 is 4.79 Å². The maximum absolute atomic E-state index is 12.4. The molecule has 0 spiro atoms. The molecule has 24 heavy (non-hydrogen) atoms. The number of benzene rings is 2. The maximum atomic E-state index is 12.4. The number of para-hydroxylation sites is 2. The molecule has 2 aromatic carbocycles. The molecule has 1 aliphatic heterocycles. The topological polar surface area (TPSA) is 32.3 Å². The van der Waals surface area contributed by atoms with E-state index in [0.29, 0.717) is 17.9 Å². The number of carbonyl (C=O) groups is 1. The van der Waals surface area contributed by atoms with Crippen LogP contribution in [0.2, 0.25) is 0 Å². The van der Waals surface area contributed by atoms with Crippen LogP contribution in [-0.2, 0) is 4.79 Å². The maximum Gasteiger partial charge on any atom is 0.224 e. The van der Waals surface area contributed by atoms with E-state index in [2.05, 4.69) is 59.6 Å². The minimum Gasteiger partial charge on any atom is -0.378 e. The van der Waals surface area contributed by atoms with Gasteiger partial charge in [0.05, 0.1) is 6.04 Å². The molecular weight excluding hydrogens is 296 g/mol. The van der Waals surface area contributed by atoms with Crippen LogP contribution in [0.5, 0.6) is 0 Å². The van der Waals surface area contributed by atoms with Gasteiger partial charge < -0.3 is 10.2 Å². The van der Waals surface area contributed by atoms with Crippen molar-refractivity contribution in [2.75, 3.05) is 10.2 Å². The lowest BCUT2D eigenvalue weighted by molar-refractivity contribution is -0.117. The Hall–Kier alpha value is -2.29. The molecule has 1 aliphatic carbocycles. The van der Waals surface area contributed by atoms with Crippen LogP contribution in [-0.4, -0.2) is 11.9 Å². The Morgan fingerprint density at radius 2 is 1.71 bits per heavy atom. The number of rotatable bonds is 3. The summed E-state index contributed by atoms with van der Waals surface area (Å²) in [6.45, 7) is 3.99. The fraction of sp³-hybridized carbons (Fsp3) is 0.381. The van der Waals surface area contributed by atoms with Gasteiger partial charge in [0.25, 0.3) is 0 Å². The van der Waals surface area contributed by atoms with Crippen molar-refractivity contribution in [3.63, 3.8) is 0 Å². The van der Waals surface area contributed by atoms with Crippen molar-refractivity contribution in [2.45, 2.75) is 38.8 Å². The first kappa shape index (κ1) is 15.3. The highest BCUT2D eigenvalue weighted by Gasteiger charge is 2.47. The van der Waals surface area contributed by atoms with Crippen molar-refractivity contribution in [1.82, 2.24) is 0 Å². The van der Waals surface area contributed by atoms with E-state index in [1.54, 1.807) is 6.92 Å². The molecule has 1 unspecified atom stereocenters. The van der Waals surface area contributed by atoms with Gasteiger partial charge in [0.1, 0.15) is 0 Å². The minimum atomic E-state index is 0.157. The van der Waals surface area contributed by atoms with E-state index in [-0.39, 0.29) is 11.9 Å². The first-order valence-corrected chi connectivity index (χ1v) is 8.87. The molecule has 0 aromatic heterocycles. The van der Waals surface area contributed by atoms with Crippen molar-refractivity contribution in [1.29, 1.82) is 0 Å². The zero-order chi connectivity index (χ0) is 16.7. The van der Waals surface area contributed by atoms with Crippen LogP contribution in [0.25, 0.3) is 0 Å². The monoisotopic (exact) mass is 320 g/mol. The van der Waals surface area contributed by atoms with Crippen LogP contribution in [0.3, 0.4) is 0 Å². The Morgan fingerprint density at radius 3 is 2.38 bits per heavy atom. The van der Waals surface area contributed by atoms with Crippen molar-refractivity contribution in [3.05, 3.63) is 60.2 Å². The Bertz CT molecular complexity index is 739. The molecule has 0 saturated heterocycles. The molecule has 3 heteroatoms. The minimum absolute atomic E-state index is 0.157. The summed E-state index contributed by atoms with van der Waals surface area (Å²) in [5.74, 6) is 1.16. The third-order valence-corrected chi connectivity index (χ3v) is 5.43. The third kappa shape index (κ3) is 2.58. The lowest BCUT2D eigenvalue weighted by Gasteiger charge is -2.46. The largest absolute Gasteiger partial charge is 0.378 e. The normalized spacial score (nSPS) is 25.9. The highest BCUT2D eigenvalue weighted by molar-refractivity contribution is 5.94. The summed E-state index contributed by atoms with van der Waals surface area (Å²) >= 11 is 0. The molecule has 124 valence electrons. The predicted octanol–water partition coefficient (Wildman–Crippen LogP) is 4.62. The molecule has 1 fully saturated rings. The summed E-state index contributed by atoms with van der Waals surface area (Å²) < 4.78 is 0. The number of nitrogens with one attached hydrogen (secondary N) is 1. The van der Waals surface area contributed by atoms with E-state index in [1.807, 2.05) is 12.1 Å². The van der Waals surface area contributed by atoms with Crippen molar-refractivity contribution in [3.8, 4) is 0 Å². The zero-order valence-electron chi connectivity index (χ0n) is 14.3. The summed E-state index contributed by atoms with van der Waals surface area (Å²) in [6.07, 6.45) is 2.47. The molecule has 4 rings (SSSR count). The van der Waals surface area contributed by atoms with E-state index in [0.717, 1.165) is 11.4 Å². The number of nitrogens with zero attached hydrogens (tertiary/aromatic N) is 1. The molecule has 2 aliphatic rings. The lowest BCUT2D eigenvalue weighted by Crippen LogP contribution is -2.51. The number of anilines is 2. The highest BCUT2D eigenvalue weighted by Crippen LogP contribution is 2.49. The Kier molecular flexibility index (Phi) is 3.79. The van der Waals surface area contributed by atoms with Gasteiger partial charge in [-0.3, -0.25) is 4.79 Å². The third-order valence-electron chi connectivity index (χ3n) is 5.43. The molecule has 2 aromatic rings. The van der Waals surface area contributed by atoms with E-state index < -0.39 is 0 Å². The summed E-state index contributed by atoms with van der Waals surface area (Å²) in [4.78, 5) is 14.5. The molecule has 1 amide bonds. The lowest BCUT2D eigenvalue weighted by atomic mass is 9.80. The van der Waals surface area contributed by atoms with Crippen molar-refractivity contribution >= 4 is 17.3 Å². The van der Waals surface area contributed by atoms with Gasteiger partial charge in [-0.1, -0.05) is 43.3 Å². The summed E-state index contributed by atoms with van der Waals surface area (Å²) in [7, 11) is 0. The second-order valence-electron chi connectivity index (χ2n) is 7.12. The van der Waals surface area contributed by atoms with E-state index in [4.69, 9.17) is 0 Å². The van der Waals surface area contributed by atoms with Crippen LogP contribution in [0, 0.1) is 11.8 Å². The first-order valence-electron chi connectivity index (χ1n) is 8.87. The van der Waals surface area contributed by atoms with Gasteiger partial charge in [-0.2, -0.15) is 0 Å². The Labute approximate surface area is 143 Å². The fourth-order valence-electron chi connectivity index (χ4n) is 4.23. The number of hydrogen-bond acceptors (Lipinski definition) is 2. The van der Waals surface area contributed by atoms with Gasteiger partial charge in [-0.15, -0.1) is 0 Å². The van der Waals surface area contributed by atoms with Gasteiger partial charge in [0, 0.05) is 30.3 Å². The molecule has 0 radical (unpaired) electrons. The number of hydrogen-bond donors (Lipinski definition) is 1. The highest BCUT2D eigenvalue weighted by atomic mass is 16.2. The van der Waals surface area contributed by atoms with Crippen LogP contribution in [0.4, 0.5) is 11.4 Å². The second-order valence-corrected chi connectivity index (χ2v) is 7.12. The van der Waals surface area contributed by atoms with Crippen LogP contribution < -0.4 is 10.2 Å². The van der Waals surface area contributed by atoms with Crippen LogP contribution in [0.1, 0.15) is 38.3 Å². The number of carbonyl (C=O) groups excluding carboxylic acids is 1. The van der Waals surface area contributed by atoms with Gasteiger partial charge in [0.2, 0.25) is 5.91 Å². The molecular formula is C21H24N2O. The van der Waals surface area contributed by atoms with E-state index in [1.165, 1.54) is 18.4 Å². The SMILES string of the molecule is CC(=O)N1c2ccccc2[C@@H](Nc2ccccc2)[C@H](C)C1C1CC1. The molecule has 1 heterocycles. The van der Waals surface area contributed by atoms with E-state index >= 15 is 0 Å². The summed E-state index contributed by atoms with van der Waals surface area (Å²) in [6, 6.07) is 19.2. The first-order chi connectivity index (χ1) is 11.7. The standard InChI is InChI=1S/C21H24N2O/c1-14-20(22-17-8-4-3-5-9-17)18-10-6-7-11-19(18)23(15(2)24)21(14)16-12-13-16/h3-11,14,16,20-22H,12-13H2,1-2H3/t14-,20-,21?/m0/s1. The second kappa shape index (κ2) is 5.97. The Morgan fingerprint density at radius 1 is 1.04 bits per heavy atom. The molecule has 1 N–H and O–H groups in total. The quantitative estimate of drug-likeness (QED) is 0.895.